The van der Waals surface area contributed by atoms with Crippen LogP contribution >= 0.6 is 11.6 Å². The number of nitrogens with zero attached hydrogens (tertiary/aromatic N) is 1. The summed E-state index contributed by atoms with van der Waals surface area (Å²) in [5, 5.41) is -0.670. The lowest BCUT2D eigenvalue weighted by molar-refractivity contribution is -0.143. The smallest absolute Gasteiger partial charge is 0.328 e. The normalized spacial score (nSPS) is 13.4. The summed E-state index contributed by atoms with van der Waals surface area (Å²) < 4.78 is 4.78. The van der Waals surface area contributed by atoms with Crippen molar-refractivity contribution < 1.29 is 14.3 Å². The molecule has 5 heteroatoms. The average Bonchev–Trinajstić information content (AvgIpc) is 2.48. The molecule has 4 nitrogen and oxygen atoms in total. The lowest BCUT2D eigenvalue weighted by Crippen LogP contribution is -2.47. The Morgan fingerprint density at radius 1 is 1.29 bits per heavy atom. The fourth-order valence-corrected chi connectivity index (χ4v) is 2.39. The zero-order valence-electron chi connectivity index (χ0n) is 13.1. The van der Waals surface area contributed by atoms with E-state index < -0.39 is 17.4 Å². The number of carbonyl (C=O) groups is 2. The molecule has 1 rings (SSSR count). The van der Waals surface area contributed by atoms with Crippen molar-refractivity contribution in [2.24, 2.45) is 0 Å². The van der Waals surface area contributed by atoms with Crippen LogP contribution in [0.2, 0.25) is 0 Å². The second-order valence-corrected chi connectivity index (χ2v) is 5.55. The second-order valence-electron chi connectivity index (χ2n) is 5.02. The topological polar surface area (TPSA) is 46.6 Å². The van der Waals surface area contributed by atoms with Gasteiger partial charge in [-0.25, -0.2) is 4.79 Å². The van der Waals surface area contributed by atoms with E-state index in [0.29, 0.717) is 6.42 Å². The predicted octanol–water partition coefficient (Wildman–Crippen LogP) is 3.22. The van der Waals surface area contributed by atoms with Crippen molar-refractivity contribution in [2.45, 2.75) is 45.5 Å². The minimum atomic E-state index is -0.727. The molecule has 0 radical (unpaired) electrons. The molecular weight excluding hydrogens is 290 g/mol. The minimum Gasteiger partial charge on any atom is -0.467 e. The van der Waals surface area contributed by atoms with Crippen LogP contribution < -0.4 is 4.90 Å². The number of aryl methyl sites for hydroxylation is 2. The molecule has 2 atom stereocenters. The number of anilines is 1. The molecule has 0 saturated heterocycles. The molecule has 0 N–H and O–H groups in total. The number of esters is 1. The zero-order valence-corrected chi connectivity index (χ0v) is 13.9. The first-order chi connectivity index (χ1) is 9.84. The zero-order chi connectivity index (χ0) is 16.2. The molecule has 21 heavy (non-hydrogen) atoms. The summed E-state index contributed by atoms with van der Waals surface area (Å²) in [5.41, 5.74) is 2.55. The highest BCUT2D eigenvalue weighted by atomic mass is 35.5. The molecule has 1 aromatic carbocycles. The van der Waals surface area contributed by atoms with Crippen molar-refractivity contribution >= 4 is 29.2 Å². The summed E-state index contributed by atoms with van der Waals surface area (Å²) in [4.78, 5) is 26.0. The summed E-state index contributed by atoms with van der Waals surface area (Å²) in [5.74, 6) is -0.750. The van der Waals surface area contributed by atoms with Crippen LogP contribution in [0.25, 0.3) is 0 Å². The number of hydrogen-bond donors (Lipinski definition) is 0. The quantitative estimate of drug-likeness (QED) is 0.619. The number of halogens is 1. The molecule has 0 saturated carbocycles. The molecular formula is C16H22ClNO3. The molecule has 0 fully saturated rings. The van der Waals surface area contributed by atoms with E-state index in [0.717, 1.165) is 16.8 Å². The third-order valence-electron chi connectivity index (χ3n) is 3.47. The summed E-state index contributed by atoms with van der Waals surface area (Å²) in [6, 6.07) is 5.00. The largest absolute Gasteiger partial charge is 0.467 e. The van der Waals surface area contributed by atoms with E-state index in [1.54, 1.807) is 6.92 Å². The van der Waals surface area contributed by atoms with Crippen LogP contribution in [0.15, 0.2) is 18.2 Å². The predicted molar refractivity (Wildman–Crippen MR) is 84.8 cm³/mol. The van der Waals surface area contributed by atoms with Gasteiger partial charge in [0.1, 0.15) is 11.4 Å². The molecule has 1 aromatic rings. The van der Waals surface area contributed by atoms with Gasteiger partial charge in [0.05, 0.1) is 12.8 Å². The lowest BCUT2D eigenvalue weighted by Gasteiger charge is -2.31. The number of rotatable bonds is 5. The Balaban J connectivity index is 3.38. The van der Waals surface area contributed by atoms with Crippen LogP contribution in [0.1, 0.15) is 31.4 Å². The molecule has 0 aliphatic carbocycles. The minimum absolute atomic E-state index is 0.283. The maximum Gasteiger partial charge on any atom is 0.328 e. The van der Waals surface area contributed by atoms with E-state index in [9.17, 15) is 9.59 Å². The number of amides is 1. The molecule has 1 amide bonds. The van der Waals surface area contributed by atoms with Gasteiger partial charge in [-0.3, -0.25) is 9.69 Å². The van der Waals surface area contributed by atoms with E-state index in [1.807, 2.05) is 39.0 Å². The van der Waals surface area contributed by atoms with Crippen LogP contribution in [-0.4, -0.2) is 30.4 Å². The molecule has 0 aliphatic heterocycles. The fourth-order valence-electron chi connectivity index (χ4n) is 2.28. The third kappa shape index (κ3) is 3.76. The van der Waals surface area contributed by atoms with Crippen molar-refractivity contribution in [1.82, 2.24) is 0 Å². The first kappa shape index (κ1) is 17.5. The van der Waals surface area contributed by atoms with E-state index in [-0.39, 0.29) is 5.91 Å². The first-order valence-corrected chi connectivity index (χ1v) is 7.39. The molecule has 0 aliphatic rings. The summed E-state index contributed by atoms with van der Waals surface area (Å²) in [7, 11) is 1.31. The molecule has 116 valence electrons. The average molecular weight is 312 g/mol. The standard InChI is InChI=1S/C16H22ClNO3/c1-6-13(17)15(19)18(12(4)16(20)21-5)14-10(2)8-7-9-11(14)3/h7-9,12-13H,6H2,1-5H3. The van der Waals surface area contributed by atoms with Crippen LogP contribution in [-0.2, 0) is 14.3 Å². The van der Waals surface area contributed by atoms with Gasteiger partial charge in [0.15, 0.2) is 0 Å². The second kappa shape index (κ2) is 7.46. The van der Waals surface area contributed by atoms with Crippen LogP contribution in [0, 0.1) is 13.8 Å². The Labute approximate surface area is 131 Å². The van der Waals surface area contributed by atoms with Gasteiger partial charge in [-0.05, 0) is 38.3 Å². The highest BCUT2D eigenvalue weighted by molar-refractivity contribution is 6.33. The summed E-state index contributed by atoms with van der Waals surface area (Å²) in [6.45, 7) is 7.29. The Kier molecular flexibility index (Phi) is 6.21. The number of benzene rings is 1. The number of carbonyl (C=O) groups excluding carboxylic acids is 2. The number of para-hydroxylation sites is 1. The monoisotopic (exact) mass is 311 g/mol. The Hall–Kier alpha value is -1.55. The SMILES string of the molecule is CCC(Cl)C(=O)N(c1c(C)cccc1C)C(C)C(=O)OC. The van der Waals surface area contributed by atoms with Crippen molar-refractivity contribution in [1.29, 1.82) is 0 Å². The van der Waals surface area contributed by atoms with Gasteiger partial charge < -0.3 is 4.74 Å². The molecule has 0 aromatic heterocycles. The van der Waals surface area contributed by atoms with Gasteiger partial charge in [0.2, 0.25) is 5.91 Å². The van der Waals surface area contributed by atoms with Gasteiger partial charge >= 0.3 is 5.97 Å². The molecule has 0 spiro atoms. The van der Waals surface area contributed by atoms with Gasteiger partial charge in [-0.2, -0.15) is 0 Å². The lowest BCUT2D eigenvalue weighted by atomic mass is 10.0. The van der Waals surface area contributed by atoms with E-state index in [4.69, 9.17) is 16.3 Å². The number of ether oxygens (including phenoxy) is 1. The van der Waals surface area contributed by atoms with Crippen molar-refractivity contribution in [3.63, 3.8) is 0 Å². The highest BCUT2D eigenvalue weighted by Gasteiger charge is 2.32. The van der Waals surface area contributed by atoms with Gasteiger partial charge in [0.25, 0.3) is 0 Å². The number of alkyl halides is 1. The van der Waals surface area contributed by atoms with Crippen LogP contribution in [0.3, 0.4) is 0 Å². The summed E-state index contributed by atoms with van der Waals surface area (Å²) >= 11 is 6.11. The van der Waals surface area contributed by atoms with Crippen molar-refractivity contribution in [3.05, 3.63) is 29.3 Å². The summed E-state index contributed by atoms with van der Waals surface area (Å²) in [6.07, 6.45) is 0.496. The maximum absolute atomic E-state index is 12.6. The van der Waals surface area contributed by atoms with Gasteiger partial charge in [0, 0.05) is 0 Å². The van der Waals surface area contributed by atoms with Crippen LogP contribution in [0.5, 0.6) is 0 Å². The fraction of sp³-hybridized carbons (Fsp3) is 0.500. The molecule has 0 heterocycles. The molecule has 0 bridgehead atoms. The Morgan fingerprint density at radius 2 is 1.81 bits per heavy atom. The van der Waals surface area contributed by atoms with E-state index >= 15 is 0 Å². The molecule has 2 unspecified atom stereocenters. The number of methoxy groups -OCH3 is 1. The Bertz CT molecular complexity index is 510. The van der Waals surface area contributed by atoms with Crippen molar-refractivity contribution in [3.8, 4) is 0 Å². The van der Waals surface area contributed by atoms with Crippen molar-refractivity contribution in [2.75, 3.05) is 12.0 Å². The van der Waals surface area contributed by atoms with E-state index in [1.165, 1.54) is 12.0 Å². The Morgan fingerprint density at radius 3 is 2.24 bits per heavy atom. The maximum atomic E-state index is 12.6. The van der Waals surface area contributed by atoms with E-state index in [2.05, 4.69) is 0 Å². The highest BCUT2D eigenvalue weighted by Crippen LogP contribution is 2.28. The van der Waals surface area contributed by atoms with Gasteiger partial charge in [-0.15, -0.1) is 11.6 Å². The van der Waals surface area contributed by atoms with Crippen LogP contribution in [0.4, 0.5) is 5.69 Å². The van der Waals surface area contributed by atoms with Gasteiger partial charge in [-0.1, -0.05) is 25.1 Å². The number of hydrogen-bond acceptors (Lipinski definition) is 3. The first-order valence-electron chi connectivity index (χ1n) is 6.96. The third-order valence-corrected chi connectivity index (χ3v) is 3.97.